The topological polar surface area (TPSA) is 38.0 Å². The van der Waals surface area contributed by atoms with Crippen LogP contribution in [0.25, 0.3) is 0 Å². The first-order chi connectivity index (χ1) is 9.52. The molecule has 2 aromatic carbocycles. The van der Waals surface area contributed by atoms with Crippen LogP contribution in [0.2, 0.25) is 0 Å². The van der Waals surface area contributed by atoms with Gasteiger partial charge >= 0.3 is 0 Å². The van der Waals surface area contributed by atoms with Crippen LogP contribution in [0.15, 0.2) is 40.9 Å². The molecule has 0 aliphatic heterocycles. The molecule has 0 saturated carbocycles. The van der Waals surface area contributed by atoms with E-state index in [0.717, 1.165) is 18.2 Å². The Hall–Kier alpha value is -1.37. The largest absolute Gasteiger partial charge is 0.271 e. The van der Waals surface area contributed by atoms with Crippen LogP contribution < -0.4 is 11.3 Å². The Morgan fingerprint density at radius 1 is 1.10 bits per heavy atom. The summed E-state index contributed by atoms with van der Waals surface area (Å²) in [4.78, 5) is 0. The van der Waals surface area contributed by atoms with Gasteiger partial charge in [0.05, 0.1) is 10.5 Å². The highest BCUT2D eigenvalue weighted by atomic mass is 79.9. The van der Waals surface area contributed by atoms with Crippen molar-refractivity contribution in [2.45, 2.75) is 12.5 Å². The fourth-order valence-corrected chi connectivity index (χ4v) is 2.39. The van der Waals surface area contributed by atoms with Gasteiger partial charge in [-0.3, -0.25) is 11.3 Å². The summed E-state index contributed by atoms with van der Waals surface area (Å²) < 4.78 is 40.7. The maximum Gasteiger partial charge on any atom is 0.137 e. The van der Waals surface area contributed by atoms with E-state index in [2.05, 4.69) is 21.4 Å². The van der Waals surface area contributed by atoms with Gasteiger partial charge < -0.3 is 0 Å². The van der Waals surface area contributed by atoms with E-state index in [-0.39, 0.29) is 16.5 Å². The van der Waals surface area contributed by atoms with Crippen molar-refractivity contribution in [1.29, 1.82) is 0 Å². The van der Waals surface area contributed by atoms with E-state index >= 15 is 0 Å². The minimum atomic E-state index is -0.663. The van der Waals surface area contributed by atoms with Gasteiger partial charge in [0.1, 0.15) is 17.5 Å². The maximum atomic E-state index is 13.7. The average Bonchev–Trinajstić information content (AvgIpc) is 2.43. The summed E-state index contributed by atoms with van der Waals surface area (Å²) in [6.07, 6.45) is 0.217. The predicted molar refractivity (Wildman–Crippen MR) is 74.2 cm³/mol. The van der Waals surface area contributed by atoms with E-state index in [0.29, 0.717) is 5.56 Å². The first-order valence-electron chi connectivity index (χ1n) is 5.87. The van der Waals surface area contributed by atoms with Crippen molar-refractivity contribution in [2.75, 3.05) is 0 Å². The monoisotopic (exact) mass is 344 g/mol. The van der Waals surface area contributed by atoms with Gasteiger partial charge in [-0.2, -0.15) is 0 Å². The number of hydrazine groups is 1. The molecule has 2 rings (SSSR count). The standard InChI is InChI=1S/C14H12BrF3N2/c15-14-8(2-1-3-12(14)18)6-13(20-19)10-7-9(16)4-5-11(10)17/h1-5,7,13,20H,6,19H2. The number of halogens is 4. The Kier molecular flexibility index (Phi) is 4.80. The Morgan fingerprint density at radius 3 is 2.55 bits per heavy atom. The fraction of sp³-hybridized carbons (Fsp3) is 0.143. The summed E-state index contributed by atoms with van der Waals surface area (Å²) in [5.74, 6) is 3.87. The molecule has 20 heavy (non-hydrogen) atoms. The number of benzene rings is 2. The summed E-state index contributed by atoms with van der Waals surface area (Å²) >= 11 is 3.13. The minimum absolute atomic E-state index is 0.101. The number of hydrogen-bond acceptors (Lipinski definition) is 2. The van der Waals surface area contributed by atoms with E-state index < -0.39 is 23.5 Å². The molecule has 0 heterocycles. The molecular weight excluding hydrogens is 333 g/mol. The normalized spacial score (nSPS) is 12.4. The fourth-order valence-electron chi connectivity index (χ4n) is 1.97. The van der Waals surface area contributed by atoms with Crippen LogP contribution in [0.5, 0.6) is 0 Å². The van der Waals surface area contributed by atoms with Crippen molar-refractivity contribution in [3.63, 3.8) is 0 Å². The molecule has 2 aromatic rings. The van der Waals surface area contributed by atoms with Gasteiger partial charge in [-0.1, -0.05) is 12.1 Å². The lowest BCUT2D eigenvalue weighted by atomic mass is 9.98. The summed E-state index contributed by atoms with van der Waals surface area (Å²) in [6.45, 7) is 0. The van der Waals surface area contributed by atoms with Gasteiger partial charge in [0.2, 0.25) is 0 Å². The van der Waals surface area contributed by atoms with Crippen LogP contribution in [0.4, 0.5) is 13.2 Å². The predicted octanol–water partition coefficient (Wildman–Crippen LogP) is 3.61. The third kappa shape index (κ3) is 3.20. The molecular formula is C14H12BrF3N2. The third-order valence-electron chi connectivity index (χ3n) is 2.99. The molecule has 0 radical (unpaired) electrons. The zero-order valence-electron chi connectivity index (χ0n) is 10.3. The molecule has 0 aliphatic rings. The number of nitrogens with two attached hydrogens (primary N) is 1. The van der Waals surface area contributed by atoms with Crippen molar-refractivity contribution in [2.24, 2.45) is 5.84 Å². The maximum absolute atomic E-state index is 13.7. The average molecular weight is 345 g/mol. The number of hydrogen-bond donors (Lipinski definition) is 2. The Labute approximate surface area is 122 Å². The first kappa shape index (κ1) is 15.0. The minimum Gasteiger partial charge on any atom is -0.271 e. The van der Waals surface area contributed by atoms with E-state index in [1.165, 1.54) is 6.07 Å². The van der Waals surface area contributed by atoms with Crippen LogP contribution in [0.3, 0.4) is 0 Å². The lowest BCUT2D eigenvalue weighted by Gasteiger charge is -2.18. The highest BCUT2D eigenvalue weighted by Gasteiger charge is 2.18. The quantitative estimate of drug-likeness (QED) is 0.656. The van der Waals surface area contributed by atoms with Crippen LogP contribution in [-0.2, 0) is 6.42 Å². The van der Waals surface area contributed by atoms with Gasteiger partial charge in [-0.05, 0) is 52.2 Å². The Bertz CT molecular complexity index is 619. The molecule has 0 spiro atoms. The van der Waals surface area contributed by atoms with E-state index in [9.17, 15) is 13.2 Å². The van der Waals surface area contributed by atoms with Crippen molar-refractivity contribution in [3.8, 4) is 0 Å². The molecule has 0 bridgehead atoms. The van der Waals surface area contributed by atoms with E-state index in [1.54, 1.807) is 12.1 Å². The molecule has 6 heteroatoms. The van der Waals surface area contributed by atoms with Crippen LogP contribution in [0, 0.1) is 17.5 Å². The molecule has 1 unspecified atom stereocenters. The van der Waals surface area contributed by atoms with Crippen LogP contribution >= 0.6 is 15.9 Å². The van der Waals surface area contributed by atoms with Gasteiger partial charge in [0.25, 0.3) is 0 Å². The molecule has 3 N–H and O–H groups in total. The highest BCUT2D eigenvalue weighted by Crippen LogP contribution is 2.27. The van der Waals surface area contributed by atoms with Crippen molar-refractivity contribution < 1.29 is 13.2 Å². The lowest BCUT2D eigenvalue weighted by Crippen LogP contribution is -2.30. The molecule has 106 valence electrons. The Balaban J connectivity index is 2.34. The molecule has 0 fully saturated rings. The smallest absolute Gasteiger partial charge is 0.137 e. The van der Waals surface area contributed by atoms with Gasteiger partial charge in [-0.15, -0.1) is 0 Å². The molecule has 0 saturated heterocycles. The van der Waals surface area contributed by atoms with E-state index in [1.807, 2.05) is 0 Å². The molecule has 0 amide bonds. The molecule has 0 aromatic heterocycles. The van der Waals surface area contributed by atoms with Crippen LogP contribution in [-0.4, -0.2) is 0 Å². The summed E-state index contributed by atoms with van der Waals surface area (Å²) in [5.41, 5.74) is 3.14. The zero-order chi connectivity index (χ0) is 14.7. The van der Waals surface area contributed by atoms with E-state index in [4.69, 9.17) is 5.84 Å². The van der Waals surface area contributed by atoms with Gasteiger partial charge in [0, 0.05) is 5.56 Å². The van der Waals surface area contributed by atoms with Crippen LogP contribution in [0.1, 0.15) is 17.2 Å². The summed E-state index contributed by atoms with van der Waals surface area (Å²) in [6, 6.07) is 7.03. The second kappa shape index (κ2) is 6.39. The lowest BCUT2D eigenvalue weighted by molar-refractivity contribution is 0.500. The first-order valence-corrected chi connectivity index (χ1v) is 6.66. The summed E-state index contributed by atoms with van der Waals surface area (Å²) in [5, 5.41) is 0. The van der Waals surface area contributed by atoms with Crippen molar-refractivity contribution in [1.82, 2.24) is 5.43 Å². The molecule has 2 nitrogen and oxygen atoms in total. The van der Waals surface area contributed by atoms with Crippen molar-refractivity contribution in [3.05, 3.63) is 69.4 Å². The number of nitrogens with one attached hydrogen (secondary N) is 1. The summed E-state index contributed by atoms with van der Waals surface area (Å²) in [7, 11) is 0. The second-order valence-corrected chi connectivity index (χ2v) is 5.10. The number of rotatable bonds is 4. The Morgan fingerprint density at radius 2 is 1.85 bits per heavy atom. The van der Waals surface area contributed by atoms with Gasteiger partial charge in [-0.25, -0.2) is 13.2 Å². The highest BCUT2D eigenvalue weighted by molar-refractivity contribution is 9.10. The zero-order valence-corrected chi connectivity index (χ0v) is 11.9. The molecule has 1 atom stereocenters. The van der Waals surface area contributed by atoms with Gasteiger partial charge in [0.15, 0.2) is 0 Å². The SMILES string of the molecule is NNC(Cc1cccc(F)c1Br)c1cc(F)ccc1F. The molecule has 0 aliphatic carbocycles. The van der Waals surface area contributed by atoms with Crippen molar-refractivity contribution >= 4 is 15.9 Å². The third-order valence-corrected chi connectivity index (χ3v) is 3.88. The second-order valence-electron chi connectivity index (χ2n) is 4.30.